The van der Waals surface area contributed by atoms with Crippen molar-refractivity contribution < 1.29 is 30.3 Å². The third kappa shape index (κ3) is 3.61. The van der Waals surface area contributed by atoms with Crippen LogP contribution in [-0.4, -0.2) is 62.8 Å². The number of ether oxygens (including phenoxy) is 1. The molecule has 0 amide bonds. The van der Waals surface area contributed by atoms with Crippen LogP contribution in [0.4, 0.5) is 0 Å². The van der Waals surface area contributed by atoms with Gasteiger partial charge in [0.25, 0.3) is 0 Å². The Hall–Kier alpha value is -0.930. The van der Waals surface area contributed by atoms with Crippen LogP contribution in [0.25, 0.3) is 0 Å². The van der Waals surface area contributed by atoms with Crippen LogP contribution in [-0.2, 0) is 4.74 Å². The third-order valence-corrected chi connectivity index (χ3v) is 1.87. The second kappa shape index (κ2) is 6.53. The maximum Gasteiger partial charge on any atom is 0.211 e. The first-order valence-corrected chi connectivity index (χ1v) is 4.01. The van der Waals surface area contributed by atoms with Crippen LogP contribution < -0.4 is 4.91 Å². The molecule has 9 heteroatoms. The lowest BCUT2D eigenvalue weighted by atomic mass is 10.00. The lowest BCUT2D eigenvalue weighted by Gasteiger charge is -2.37. The zero-order valence-electron chi connectivity index (χ0n) is 7.69. The van der Waals surface area contributed by atoms with Crippen molar-refractivity contribution >= 4 is 0 Å². The van der Waals surface area contributed by atoms with E-state index in [9.17, 15) is 0 Å². The van der Waals surface area contributed by atoms with E-state index in [2.05, 4.69) is 4.74 Å². The predicted octanol–water partition coefficient (Wildman–Crippen LogP) is -3.11. The van der Waals surface area contributed by atoms with Gasteiger partial charge in [0.15, 0.2) is 6.29 Å². The van der Waals surface area contributed by atoms with Gasteiger partial charge in [0.1, 0.15) is 35.5 Å². The van der Waals surface area contributed by atoms with Crippen molar-refractivity contribution in [2.75, 3.05) is 6.61 Å². The molecule has 5 atom stereocenters. The Labute approximate surface area is 84.6 Å². The topological polar surface area (TPSA) is 172 Å². The summed E-state index contributed by atoms with van der Waals surface area (Å²) in [4.78, 5) is 2.00. The first kappa shape index (κ1) is 14.1. The molecule has 0 radical (unpaired) electrons. The summed E-state index contributed by atoms with van der Waals surface area (Å²) in [7, 11) is 0. The summed E-state index contributed by atoms with van der Waals surface area (Å²) in [5.41, 5.74) is 11.0. The van der Waals surface area contributed by atoms with Crippen molar-refractivity contribution in [1.29, 1.82) is 11.1 Å². The van der Waals surface area contributed by atoms with E-state index in [-0.39, 0.29) is 0 Å². The molecule has 0 aromatic heterocycles. The Bertz CT molecular complexity index is 216. The van der Waals surface area contributed by atoms with Gasteiger partial charge in [-0.05, 0) is 0 Å². The number of hydrogen-bond donors (Lipinski definition) is 7. The van der Waals surface area contributed by atoms with Crippen molar-refractivity contribution in [2.45, 2.75) is 30.7 Å². The molecule has 0 spiro atoms. The fourth-order valence-corrected chi connectivity index (χ4v) is 1.08. The second-order valence-electron chi connectivity index (χ2n) is 2.83. The highest BCUT2D eigenvalue weighted by atomic mass is 16.6. The van der Waals surface area contributed by atoms with Crippen LogP contribution in [0.5, 0.6) is 0 Å². The number of aliphatic hydroxyl groups is 5. The fraction of sp³-hybridized carbons (Fsp3) is 1.00. The lowest BCUT2D eigenvalue weighted by Crippen LogP contribution is -2.58. The molecule has 0 aliphatic carbocycles. The molecule has 1 saturated heterocycles. The summed E-state index contributed by atoms with van der Waals surface area (Å²) in [6.45, 7) is -0.526. The fourth-order valence-electron chi connectivity index (χ4n) is 1.08. The number of nitrogens with zero attached hydrogens (tertiary/aromatic N) is 1. The first-order valence-electron chi connectivity index (χ1n) is 4.01. The van der Waals surface area contributed by atoms with E-state index >= 15 is 0 Å². The van der Waals surface area contributed by atoms with Gasteiger partial charge in [-0.1, -0.05) is 0 Å². The second-order valence-corrected chi connectivity index (χ2v) is 2.83. The molecule has 1 rings (SSSR count). The van der Waals surface area contributed by atoms with Crippen LogP contribution in [0.15, 0.2) is 0 Å². The van der Waals surface area contributed by atoms with Gasteiger partial charge in [-0.25, -0.2) is 0 Å². The number of aliphatic hydroxyl groups excluding tert-OH is 5. The highest BCUT2D eigenvalue weighted by Crippen LogP contribution is 2.18. The molecule has 15 heavy (non-hydrogen) atoms. The molecule has 1 aliphatic heterocycles. The minimum Gasteiger partial charge on any atom is -0.394 e. The summed E-state index contributed by atoms with van der Waals surface area (Å²) >= 11 is 0. The molecule has 0 aromatic carbocycles. The van der Waals surface area contributed by atoms with Crippen molar-refractivity contribution in [3.8, 4) is 0 Å². The maximum absolute atomic E-state index is 9.12. The van der Waals surface area contributed by atoms with Crippen molar-refractivity contribution in [3.63, 3.8) is 0 Å². The van der Waals surface area contributed by atoms with Gasteiger partial charge in [0.05, 0.1) is 6.61 Å². The average molecular weight is 224 g/mol. The molecule has 0 saturated carbocycles. The van der Waals surface area contributed by atoms with E-state index < -0.39 is 37.3 Å². The summed E-state index contributed by atoms with van der Waals surface area (Å²) < 4.78 is 4.58. The Balaban J connectivity index is 0.000000583. The highest BCUT2D eigenvalue weighted by Gasteiger charge is 2.42. The predicted molar refractivity (Wildman–Crippen MR) is 43.6 cm³/mol. The van der Waals surface area contributed by atoms with Crippen molar-refractivity contribution in [3.05, 3.63) is 0 Å². The summed E-state index contributed by atoms with van der Waals surface area (Å²) in [6, 6.07) is 0. The van der Waals surface area contributed by atoms with Crippen LogP contribution in [0.2, 0.25) is 0 Å². The molecular weight excluding hydrogens is 210 g/mol. The van der Waals surface area contributed by atoms with Crippen LogP contribution in [0.1, 0.15) is 0 Å². The lowest BCUT2D eigenvalue weighted by molar-refractivity contribution is -0.286. The normalized spacial score (nSPS) is 39.9. The third-order valence-electron chi connectivity index (χ3n) is 1.87. The largest absolute Gasteiger partial charge is 0.394 e. The minimum atomic E-state index is -1.57. The number of nitrogens with one attached hydrogen (secondary N) is 2. The van der Waals surface area contributed by atoms with Gasteiger partial charge in [-0.15, -0.1) is 0 Å². The van der Waals surface area contributed by atoms with Gasteiger partial charge >= 0.3 is 0 Å². The van der Waals surface area contributed by atoms with Gasteiger partial charge in [-0.2, -0.15) is 0 Å². The van der Waals surface area contributed by atoms with Gasteiger partial charge in [0.2, 0.25) is 4.91 Å². The number of rotatable bonds is 1. The van der Waals surface area contributed by atoms with E-state index in [1.54, 1.807) is 0 Å². The number of hydrogen-bond acceptors (Lipinski definition) is 8. The van der Waals surface area contributed by atoms with Crippen LogP contribution in [0.3, 0.4) is 0 Å². The van der Waals surface area contributed by atoms with Crippen molar-refractivity contribution in [2.24, 2.45) is 0 Å². The molecule has 1 aliphatic rings. The van der Waals surface area contributed by atoms with E-state index in [0.717, 1.165) is 0 Å². The Morgan fingerprint density at radius 3 is 1.87 bits per heavy atom. The Morgan fingerprint density at radius 2 is 1.47 bits per heavy atom. The van der Waals surface area contributed by atoms with Crippen LogP contribution >= 0.6 is 0 Å². The summed E-state index contributed by atoms with van der Waals surface area (Å²) in [5.74, 6) is 0. The van der Waals surface area contributed by atoms with Crippen molar-refractivity contribution in [1.82, 2.24) is 4.91 Å². The highest BCUT2D eigenvalue weighted by molar-refractivity contribution is 4.87. The van der Waals surface area contributed by atoms with Gasteiger partial charge in [0, 0.05) is 0 Å². The zero-order valence-corrected chi connectivity index (χ0v) is 7.69. The molecule has 9 nitrogen and oxygen atoms in total. The van der Waals surface area contributed by atoms with E-state index in [1.165, 1.54) is 0 Å². The van der Waals surface area contributed by atoms with Gasteiger partial charge in [-0.3, -0.25) is 0 Å². The maximum atomic E-state index is 9.12. The standard InChI is InChI=1S/C6H12O6.H2N3/c7-1-2-3(8)4(9)5(10)6(11)12-2;1-3-2/h2-11H,1H2;1-2H/q;+1/t2-,3-,4+,5+,6+;/m1./s1. The van der Waals surface area contributed by atoms with Crippen LogP contribution in [0, 0.1) is 11.1 Å². The quantitative estimate of drug-likeness (QED) is 0.183. The first-order chi connectivity index (χ1) is 6.99. The molecular formula is C6H14N3O6+. The smallest absolute Gasteiger partial charge is 0.211 e. The SMILES string of the molecule is N=[N+]=N.OC[C@H]1O[C@H](O)[C@@H](O)[C@@H](O)[C@@H]1O. The molecule has 0 bridgehead atoms. The van der Waals surface area contributed by atoms with E-state index in [4.69, 9.17) is 36.6 Å². The Morgan fingerprint density at radius 1 is 1.00 bits per heavy atom. The van der Waals surface area contributed by atoms with E-state index in [0.29, 0.717) is 0 Å². The summed E-state index contributed by atoms with van der Waals surface area (Å²) in [6.07, 6.45) is -7.04. The monoisotopic (exact) mass is 224 g/mol. The minimum absolute atomic E-state index is 0.526. The molecule has 88 valence electrons. The summed E-state index contributed by atoms with van der Waals surface area (Å²) in [5, 5.41) is 44.7. The van der Waals surface area contributed by atoms with E-state index in [1.807, 2.05) is 4.91 Å². The molecule has 0 unspecified atom stereocenters. The van der Waals surface area contributed by atoms with Gasteiger partial charge < -0.3 is 30.3 Å². The molecule has 1 fully saturated rings. The molecule has 0 aromatic rings. The zero-order chi connectivity index (χ0) is 12.0. The Kier molecular flexibility index (Phi) is 6.13. The average Bonchev–Trinajstić information content (AvgIpc) is 2.21. The molecule has 1 heterocycles. The molecule has 7 N–H and O–H groups in total.